The first-order chi connectivity index (χ1) is 19.9. The van der Waals surface area contributed by atoms with Gasteiger partial charge in [-0.1, -0.05) is 50.4 Å². The van der Waals surface area contributed by atoms with E-state index in [4.69, 9.17) is 23.2 Å². The van der Waals surface area contributed by atoms with Crippen molar-refractivity contribution in [2.75, 3.05) is 0 Å². The van der Waals surface area contributed by atoms with Crippen molar-refractivity contribution in [2.24, 2.45) is 5.92 Å². The first-order valence-electron chi connectivity index (χ1n) is 14.6. The molecule has 0 aliphatic carbocycles. The number of hydrogen-bond donors (Lipinski definition) is 0. The lowest BCUT2D eigenvalue weighted by atomic mass is 9.77. The van der Waals surface area contributed by atoms with Crippen LogP contribution in [0.4, 0.5) is 0 Å². The van der Waals surface area contributed by atoms with E-state index in [1.807, 2.05) is 6.92 Å². The first-order valence-corrected chi connectivity index (χ1v) is 18.2. The number of hydrogen-bond acceptors (Lipinski definition) is 6. The average molecular weight is 672 g/mol. The standard InChI is InChI=1S/C16H20ClNO3S.C14H16ClNO3S.CH4/c1-2-14-15-5-3-4-12(10-16(14)19)18(15)22(20,21)13-8-6-11(17)7-9-13;15-10-4-6-14(7-5-10)20(18,19)16-11-2-1-3-12(16)9-13(17)8-11;/h6-9,12,14-15H,2-5,10H2,1H3;4-7,11-12H,1-3,8-9H2;1H4. The minimum atomic E-state index is -3.58. The maximum absolute atomic E-state index is 13.1. The van der Waals surface area contributed by atoms with Crippen LogP contribution in [-0.4, -0.2) is 61.2 Å². The zero-order valence-electron chi connectivity index (χ0n) is 23.5. The Labute approximate surface area is 265 Å². The van der Waals surface area contributed by atoms with Gasteiger partial charge in [-0.3, -0.25) is 9.59 Å². The number of Topliss-reactive ketones (excluding diaryl/α,β-unsaturated/α-hetero) is 2. The Morgan fingerprint density at radius 3 is 1.56 bits per heavy atom. The average Bonchev–Trinajstić information content (AvgIpc) is 2.93. The maximum atomic E-state index is 13.1. The number of rotatable bonds is 5. The third-order valence-corrected chi connectivity index (χ3v) is 13.5. The number of carbonyl (C=O) groups is 2. The van der Waals surface area contributed by atoms with E-state index in [-0.39, 0.29) is 58.9 Å². The minimum Gasteiger partial charge on any atom is -0.300 e. The molecule has 4 bridgehead atoms. The van der Waals surface area contributed by atoms with Gasteiger partial charge in [-0.25, -0.2) is 16.8 Å². The Morgan fingerprint density at radius 2 is 1.09 bits per heavy atom. The summed E-state index contributed by atoms with van der Waals surface area (Å²) in [5.74, 6) is 0.237. The van der Waals surface area contributed by atoms with Crippen LogP contribution in [0, 0.1) is 5.92 Å². The summed E-state index contributed by atoms with van der Waals surface area (Å²) >= 11 is 11.7. The smallest absolute Gasteiger partial charge is 0.243 e. The first kappa shape index (κ1) is 34.1. The third kappa shape index (κ3) is 6.89. The second kappa shape index (κ2) is 13.7. The van der Waals surface area contributed by atoms with Crippen LogP contribution in [0.2, 0.25) is 10.0 Å². The van der Waals surface area contributed by atoms with Gasteiger partial charge in [0.2, 0.25) is 20.0 Å². The number of benzene rings is 2. The van der Waals surface area contributed by atoms with E-state index in [2.05, 4.69) is 0 Å². The van der Waals surface area contributed by atoms with Gasteiger partial charge in [-0.15, -0.1) is 0 Å². The molecular formula is C31H40Cl2N2O6S2. The van der Waals surface area contributed by atoms with Gasteiger partial charge < -0.3 is 0 Å². The van der Waals surface area contributed by atoms with Gasteiger partial charge in [-0.05, 0) is 80.6 Å². The van der Waals surface area contributed by atoms with Gasteiger partial charge in [0.1, 0.15) is 11.6 Å². The van der Waals surface area contributed by atoms with Crippen molar-refractivity contribution >= 4 is 54.8 Å². The van der Waals surface area contributed by atoms with Gasteiger partial charge in [0.15, 0.2) is 0 Å². The molecule has 4 aliphatic heterocycles. The third-order valence-electron chi connectivity index (χ3n) is 8.98. The zero-order valence-corrected chi connectivity index (χ0v) is 26.6. The molecule has 5 unspecified atom stereocenters. The molecule has 2 aromatic rings. The molecule has 4 heterocycles. The summed E-state index contributed by atoms with van der Waals surface area (Å²) in [6.45, 7) is 1.96. The SMILES string of the molecule is C.CCC1C(=O)CC2CCCC1N2S(=O)(=O)c1ccc(Cl)cc1.O=C1CC2CCCC(C1)N2S(=O)(=O)c1ccc(Cl)cc1. The fraction of sp³-hybridized carbons (Fsp3) is 0.548. The molecular weight excluding hydrogens is 631 g/mol. The van der Waals surface area contributed by atoms with E-state index in [0.717, 1.165) is 38.5 Å². The summed E-state index contributed by atoms with van der Waals surface area (Å²) in [6, 6.07) is 11.8. The number of piperidine rings is 4. The topological polar surface area (TPSA) is 109 Å². The zero-order chi connectivity index (χ0) is 30.2. The Morgan fingerprint density at radius 1 is 0.674 bits per heavy atom. The van der Waals surface area contributed by atoms with Crippen LogP contribution in [0.1, 0.15) is 78.6 Å². The minimum absolute atomic E-state index is 0. The van der Waals surface area contributed by atoms with E-state index in [1.165, 1.54) is 12.1 Å². The van der Waals surface area contributed by atoms with Crippen molar-refractivity contribution in [1.29, 1.82) is 0 Å². The second-order valence-electron chi connectivity index (χ2n) is 11.6. The molecule has 0 amide bonds. The lowest BCUT2D eigenvalue weighted by Gasteiger charge is -2.47. The molecule has 0 spiro atoms. The largest absolute Gasteiger partial charge is 0.300 e. The predicted octanol–water partition coefficient (Wildman–Crippen LogP) is 6.50. The lowest BCUT2D eigenvalue weighted by molar-refractivity contribution is -0.130. The molecule has 12 heteroatoms. The van der Waals surface area contributed by atoms with Crippen LogP contribution in [0.5, 0.6) is 0 Å². The van der Waals surface area contributed by atoms with Crippen molar-refractivity contribution in [2.45, 2.75) is 113 Å². The van der Waals surface area contributed by atoms with Gasteiger partial charge in [0.05, 0.1) is 9.79 Å². The van der Waals surface area contributed by atoms with E-state index in [1.54, 1.807) is 45.0 Å². The van der Waals surface area contributed by atoms with Crippen LogP contribution >= 0.6 is 23.2 Å². The molecule has 6 rings (SSSR count). The van der Waals surface area contributed by atoms with Gasteiger partial charge in [0, 0.05) is 59.4 Å². The van der Waals surface area contributed by atoms with E-state index < -0.39 is 20.0 Å². The highest BCUT2D eigenvalue weighted by Crippen LogP contribution is 2.41. The highest BCUT2D eigenvalue weighted by Gasteiger charge is 2.49. The second-order valence-corrected chi connectivity index (χ2v) is 16.2. The summed E-state index contributed by atoms with van der Waals surface area (Å²) in [4.78, 5) is 24.5. The van der Waals surface area contributed by atoms with Crippen molar-refractivity contribution in [1.82, 2.24) is 8.61 Å². The molecule has 5 atom stereocenters. The molecule has 43 heavy (non-hydrogen) atoms. The molecule has 4 saturated heterocycles. The summed E-state index contributed by atoms with van der Waals surface area (Å²) in [6.07, 6.45) is 6.82. The number of fused-ring (bicyclic) bond motifs is 4. The molecule has 4 aliphatic rings. The number of nitrogens with zero attached hydrogens (tertiary/aromatic N) is 2. The number of carbonyl (C=O) groups excluding carboxylic acids is 2. The highest BCUT2D eigenvalue weighted by atomic mass is 35.5. The highest BCUT2D eigenvalue weighted by molar-refractivity contribution is 7.89. The molecule has 0 saturated carbocycles. The van der Waals surface area contributed by atoms with Crippen molar-refractivity contribution in [3.8, 4) is 0 Å². The Balaban J connectivity index is 0.000000193. The molecule has 0 N–H and O–H groups in total. The fourth-order valence-corrected chi connectivity index (χ4v) is 11.1. The Kier molecular flexibility index (Phi) is 10.8. The fourth-order valence-electron chi connectivity index (χ4n) is 7.11. The Hall–Kier alpha value is -1.82. The molecule has 236 valence electrons. The maximum Gasteiger partial charge on any atom is 0.243 e. The summed E-state index contributed by atoms with van der Waals surface area (Å²) in [7, 11) is -7.12. The molecule has 4 fully saturated rings. The van der Waals surface area contributed by atoms with Crippen LogP contribution in [-0.2, 0) is 29.6 Å². The Bertz CT molecular complexity index is 1510. The van der Waals surface area contributed by atoms with Crippen LogP contribution in [0.15, 0.2) is 58.3 Å². The van der Waals surface area contributed by atoms with Crippen LogP contribution in [0.3, 0.4) is 0 Å². The summed E-state index contributed by atoms with van der Waals surface area (Å²) < 4.78 is 54.9. The normalized spacial score (nSPS) is 27.9. The number of sulfonamides is 2. The van der Waals surface area contributed by atoms with Crippen molar-refractivity contribution in [3.05, 3.63) is 58.6 Å². The van der Waals surface area contributed by atoms with Crippen molar-refractivity contribution in [3.63, 3.8) is 0 Å². The molecule has 0 aromatic heterocycles. The van der Waals surface area contributed by atoms with Gasteiger partial charge >= 0.3 is 0 Å². The number of halogens is 2. The quantitative estimate of drug-likeness (QED) is 0.359. The lowest BCUT2D eigenvalue weighted by Crippen LogP contribution is -2.58. The van der Waals surface area contributed by atoms with Gasteiger partial charge in [-0.2, -0.15) is 8.61 Å². The molecule has 2 aromatic carbocycles. The van der Waals surface area contributed by atoms with Gasteiger partial charge in [0.25, 0.3) is 0 Å². The number of ketones is 2. The summed E-state index contributed by atoms with van der Waals surface area (Å²) in [5.41, 5.74) is 0. The predicted molar refractivity (Wildman–Crippen MR) is 168 cm³/mol. The van der Waals surface area contributed by atoms with Crippen molar-refractivity contribution < 1.29 is 26.4 Å². The van der Waals surface area contributed by atoms with E-state index >= 15 is 0 Å². The van der Waals surface area contributed by atoms with Crippen LogP contribution < -0.4 is 0 Å². The monoisotopic (exact) mass is 670 g/mol. The van der Waals surface area contributed by atoms with Crippen LogP contribution in [0.25, 0.3) is 0 Å². The molecule has 0 radical (unpaired) electrons. The molecule has 8 nitrogen and oxygen atoms in total. The van der Waals surface area contributed by atoms with E-state index in [9.17, 15) is 26.4 Å². The summed E-state index contributed by atoms with van der Waals surface area (Å²) in [5, 5.41) is 1.03. The van der Waals surface area contributed by atoms with E-state index in [0.29, 0.717) is 35.7 Å².